The number of nitrogens with zero attached hydrogens (tertiary/aromatic N) is 1. The summed E-state index contributed by atoms with van der Waals surface area (Å²) in [5, 5.41) is 6.20. The van der Waals surface area contributed by atoms with Gasteiger partial charge in [0, 0.05) is 28.8 Å². The van der Waals surface area contributed by atoms with Crippen LogP contribution in [-0.2, 0) is 0 Å². The average molecular weight is 324 g/mol. The molecule has 0 saturated heterocycles. The van der Waals surface area contributed by atoms with E-state index in [1.165, 1.54) is 0 Å². The van der Waals surface area contributed by atoms with Crippen LogP contribution in [0, 0.1) is 0 Å². The van der Waals surface area contributed by atoms with E-state index in [-0.39, 0.29) is 6.03 Å². The highest BCUT2D eigenvalue weighted by Gasteiger charge is 2.04. The van der Waals surface area contributed by atoms with Crippen LogP contribution in [0.3, 0.4) is 0 Å². The molecule has 3 rings (SSSR count). The zero-order valence-corrected chi connectivity index (χ0v) is 12.9. The third-order valence-electron chi connectivity index (χ3n) is 3.24. The molecule has 0 saturated carbocycles. The van der Waals surface area contributed by atoms with Gasteiger partial charge in [0.05, 0.1) is 0 Å². The number of benzene rings is 2. The Kier molecular flexibility index (Phi) is 4.54. The van der Waals surface area contributed by atoms with Gasteiger partial charge >= 0.3 is 6.03 Å². The minimum absolute atomic E-state index is 0.306. The number of amides is 2. The van der Waals surface area contributed by atoms with Crippen LogP contribution in [0.4, 0.5) is 16.2 Å². The molecule has 1 aromatic heterocycles. The van der Waals surface area contributed by atoms with Crippen LogP contribution >= 0.6 is 11.6 Å². The van der Waals surface area contributed by atoms with Crippen molar-refractivity contribution in [2.24, 2.45) is 0 Å². The van der Waals surface area contributed by atoms with Crippen LogP contribution in [0.25, 0.3) is 11.1 Å². The second-order valence-corrected chi connectivity index (χ2v) is 5.34. The largest absolute Gasteiger partial charge is 0.323 e. The number of aromatic nitrogens is 1. The second kappa shape index (κ2) is 6.94. The summed E-state index contributed by atoms with van der Waals surface area (Å²) in [6.07, 6.45) is 3.48. The van der Waals surface area contributed by atoms with Crippen molar-refractivity contribution in [2.75, 3.05) is 10.6 Å². The fourth-order valence-electron chi connectivity index (χ4n) is 2.15. The number of carbonyl (C=O) groups excluding carboxylic acids is 1. The quantitative estimate of drug-likeness (QED) is 0.709. The SMILES string of the molecule is O=C(Nc1ccc(Cl)cc1)Nc1cccc(-c2ccncc2)c1. The van der Waals surface area contributed by atoms with E-state index in [0.717, 1.165) is 11.1 Å². The van der Waals surface area contributed by atoms with Crippen LogP contribution < -0.4 is 10.6 Å². The maximum Gasteiger partial charge on any atom is 0.323 e. The molecule has 0 fully saturated rings. The predicted molar refractivity (Wildman–Crippen MR) is 93.8 cm³/mol. The zero-order valence-electron chi connectivity index (χ0n) is 12.2. The molecule has 0 radical (unpaired) electrons. The highest BCUT2D eigenvalue weighted by atomic mass is 35.5. The number of hydrogen-bond acceptors (Lipinski definition) is 2. The summed E-state index contributed by atoms with van der Waals surface area (Å²) in [4.78, 5) is 16.1. The zero-order chi connectivity index (χ0) is 16.1. The minimum Gasteiger partial charge on any atom is -0.308 e. The molecular weight excluding hydrogens is 310 g/mol. The number of urea groups is 1. The molecule has 0 aliphatic rings. The van der Waals surface area contributed by atoms with E-state index in [4.69, 9.17) is 11.6 Å². The van der Waals surface area contributed by atoms with Gasteiger partial charge < -0.3 is 10.6 Å². The third kappa shape index (κ3) is 4.08. The summed E-state index contributed by atoms with van der Waals surface area (Å²) in [5.74, 6) is 0. The van der Waals surface area contributed by atoms with Crippen molar-refractivity contribution in [3.8, 4) is 11.1 Å². The van der Waals surface area contributed by atoms with Crippen LogP contribution in [-0.4, -0.2) is 11.0 Å². The van der Waals surface area contributed by atoms with Gasteiger partial charge in [0.1, 0.15) is 0 Å². The molecule has 0 aliphatic heterocycles. The van der Waals surface area contributed by atoms with Crippen LogP contribution in [0.1, 0.15) is 0 Å². The topological polar surface area (TPSA) is 54.0 Å². The van der Waals surface area contributed by atoms with Gasteiger partial charge in [0.25, 0.3) is 0 Å². The van der Waals surface area contributed by atoms with E-state index in [0.29, 0.717) is 16.4 Å². The molecule has 1 heterocycles. The van der Waals surface area contributed by atoms with Gasteiger partial charge in [-0.15, -0.1) is 0 Å². The van der Waals surface area contributed by atoms with Gasteiger partial charge in [-0.1, -0.05) is 23.7 Å². The Morgan fingerprint density at radius 3 is 2.26 bits per heavy atom. The molecule has 0 aliphatic carbocycles. The van der Waals surface area contributed by atoms with Crippen molar-refractivity contribution in [2.45, 2.75) is 0 Å². The van der Waals surface area contributed by atoms with E-state index in [2.05, 4.69) is 15.6 Å². The molecule has 23 heavy (non-hydrogen) atoms. The summed E-state index contributed by atoms with van der Waals surface area (Å²) >= 11 is 5.82. The molecular formula is C18H14ClN3O. The van der Waals surface area contributed by atoms with Crippen molar-refractivity contribution in [1.82, 2.24) is 4.98 Å². The molecule has 4 nitrogen and oxygen atoms in total. The highest BCUT2D eigenvalue weighted by molar-refractivity contribution is 6.30. The molecule has 0 atom stereocenters. The van der Waals surface area contributed by atoms with Crippen molar-refractivity contribution in [1.29, 1.82) is 0 Å². The number of hydrogen-bond donors (Lipinski definition) is 2. The van der Waals surface area contributed by atoms with Crippen molar-refractivity contribution >= 4 is 29.0 Å². The Morgan fingerprint density at radius 1 is 0.826 bits per heavy atom. The smallest absolute Gasteiger partial charge is 0.308 e. The molecule has 114 valence electrons. The third-order valence-corrected chi connectivity index (χ3v) is 3.49. The molecule has 5 heteroatoms. The lowest BCUT2D eigenvalue weighted by Crippen LogP contribution is -2.19. The first kappa shape index (κ1) is 15.1. The molecule has 0 spiro atoms. The Hall–Kier alpha value is -2.85. The van der Waals surface area contributed by atoms with Crippen molar-refractivity contribution in [3.05, 3.63) is 78.1 Å². The van der Waals surface area contributed by atoms with Gasteiger partial charge in [0.2, 0.25) is 0 Å². The Morgan fingerprint density at radius 2 is 1.52 bits per heavy atom. The number of rotatable bonds is 3. The van der Waals surface area contributed by atoms with Crippen molar-refractivity contribution < 1.29 is 4.79 Å². The first-order valence-electron chi connectivity index (χ1n) is 7.05. The summed E-state index contributed by atoms with van der Waals surface area (Å²) < 4.78 is 0. The lowest BCUT2D eigenvalue weighted by atomic mass is 10.1. The number of pyridine rings is 1. The lowest BCUT2D eigenvalue weighted by Gasteiger charge is -2.09. The monoisotopic (exact) mass is 323 g/mol. The van der Waals surface area contributed by atoms with Gasteiger partial charge in [0.15, 0.2) is 0 Å². The normalized spacial score (nSPS) is 10.1. The number of halogens is 1. The van der Waals surface area contributed by atoms with Gasteiger partial charge in [-0.25, -0.2) is 4.79 Å². The highest BCUT2D eigenvalue weighted by Crippen LogP contribution is 2.22. The lowest BCUT2D eigenvalue weighted by molar-refractivity contribution is 0.262. The van der Waals surface area contributed by atoms with Crippen LogP contribution in [0.15, 0.2) is 73.1 Å². The number of anilines is 2. The first-order valence-corrected chi connectivity index (χ1v) is 7.42. The van der Waals surface area contributed by atoms with Crippen LogP contribution in [0.2, 0.25) is 5.02 Å². The summed E-state index contributed by atoms with van der Waals surface area (Å²) in [6, 6.07) is 18.1. The Balaban J connectivity index is 1.70. The van der Waals surface area contributed by atoms with Gasteiger partial charge in [-0.3, -0.25) is 4.98 Å². The molecule has 3 aromatic rings. The number of carbonyl (C=O) groups is 1. The van der Waals surface area contributed by atoms with E-state index in [1.807, 2.05) is 36.4 Å². The standard InChI is InChI=1S/C18H14ClN3O/c19-15-4-6-16(7-5-15)21-18(23)22-17-3-1-2-14(12-17)13-8-10-20-11-9-13/h1-12H,(H2,21,22,23). The summed E-state index contributed by atoms with van der Waals surface area (Å²) in [5.41, 5.74) is 3.45. The maximum atomic E-state index is 12.0. The Bertz CT molecular complexity index is 804. The van der Waals surface area contributed by atoms with E-state index >= 15 is 0 Å². The van der Waals surface area contributed by atoms with E-state index in [1.54, 1.807) is 36.7 Å². The van der Waals surface area contributed by atoms with Crippen LogP contribution in [0.5, 0.6) is 0 Å². The molecule has 2 N–H and O–H groups in total. The second-order valence-electron chi connectivity index (χ2n) is 4.90. The first-order chi connectivity index (χ1) is 11.2. The maximum absolute atomic E-state index is 12.0. The average Bonchev–Trinajstić information content (AvgIpc) is 2.58. The van der Waals surface area contributed by atoms with Gasteiger partial charge in [-0.2, -0.15) is 0 Å². The molecule has 0 bridgehead atoms. The van der Waals surface area contributed by atoms with Crippen molar-refractivity contribution in [3.63, 3.8) is 0 Å². The molecule has 2 amide bonds. The van der Waals surface area contributed by atoms with Gasteiger partial charge in [-0.05, 0) is 59.7 Å². The summed E-state index contributed by atoms with van der Waals surface area (Å²) in [6.45, 7) is 0. The molecule has 2 aromatic carbocycles. The fourth-order valence-corrected chi connectivity index (χ4v) is 2.27. The molecule has 0 unspecified atom stereocenters. The predicted octanol–water partition coefficient (Wildman–Crippen LogP) is 5.05. The Labute approximate surface area is 139 Å². The van der Waals surface area contributed by atoms with E-state index in [9.17, 15) is 4.79 Å². The fraction of sp³-hybridized carbons (Fsp3) is 0. The van der Waals surface area contributed by atoms with E-state index < -0.39 is 0 Å². The minimum atomic E-state index is -0.306. The summed E-state index contributed by atoms with van der Waals surface area (Å²) in [7, 11) is 0. The number of nitrogens with one attached hydrogen (secondary N) is 2.